The van der Waals surface area contributed by atoms with E-state index in [1.54, 1.807) is 6.20 Å². The molecule has 0 aromatic carbocycles. The molecule has 5 nitrogen and oxygen atoms in total. The van der Waals surface area contributed by atoms with Crippen molar-refractivity contribution in [3.8, 4) is 0 Å². The van der Waals surface area contributed by atoms with Crippen LogP contribution in [0.15, 0.2) is 18.5 Å². The molecule has 1 fully saturated rings. The van der Waals surface area contributed by atoms with Crippen LogP contribution in [0.2, 0.25) is 0 Å². The normalized spacial score (nSPS) is 18.3. The average molecular weight is 302 g/mol. The molecule has 0 amide bonds. The maximum absolute atomic E-state index is 6.17. The van der Waals surface area contributed by atoms with Gasteiger partial charge in [0.25, 0.3) is 0 Å². The Balaban J connectivity index is 1.77. The lowest BCUT2D eigenvalue weighted by Crippen LogP contribution is -2.40. The summed E-state index contributed by atoms with van der Waals surface area (Å²) in [4.78, 5) is 8.79. The first-order valence-corrected chi connectivity index (χ1v) is 8.38. The third-order valence-electron chi connectivity index (χ3n) is 4.72. The van der Waals surface area contributed by atoms with Gasteiger partial charge in [-0.2, -0.15) is 0 Å². The first kappa shape index (κ1) is 15.3. The van der Waals surface area contributed by atoms with E-state index in [9.17, 15) is 0 Å². The van der Waals surface area contributed by atoms with Crippen molar-refractivity contribution in [1.29, 1.82) is 0 Å². The Morgan fingerprint density at radius 3 is 2.73 bits per heavy atom. The van der Waals surface area contributed by atoms with Gasteiger partial charge in [-0.3, -0.25) is 4.98 Å². The van der Waals surface area contributed by atoms with Crippen LogP contribution >= 0.6 is 0 Å². The monoisotopic (exact) mass is 302 g/mol. The van der Waals surface area contributed by atoms with Crippen molar-refractivity contribution in [2.45, 2.75) is 51.0 Å². The topological polar surface area (TPSA) is 52.0 Å². The predicted octanol–water partition coefficient (Wildman–Crippen LogP) is 3.51. The number of pyridine rings is 1. The van der Waals surface area contributed by atoms with Crippen LogP contribution in [-0.2, 0) is 11.8 Å². The van der Waals surface area contributed by atoms with Crippen LogP contribution in [0.5, 0.6) is 0 Å². The summed E-state index contributed by atoms with van der Waals surface area (Å²) in [6.07, 6.45) is 11.1. The fourth-order valence-electron chi connectivity index (χ4n) is 3.50. The minimum Gasteiger partial charge on any atom is -0.373 e. The molecular weight excluding hydrogens is 276 g/mol. The van der Waals surface area contributed by atoms with Gasteiger partial charge in [0.15, 0.2) is 0 Å². The average Bonchev–Trinajstić information content (AvgIpc) is 2.71. The van der Waals surface area contributed by atoms with E-state index in [0.717, 1.165) is 43.0 Å². The third-order valence-corrected chi connectivity index (χ3v) is 4.72. The Morgan fingerprint density at radius 1 is 1.27 bits per heavy atom. The molecule has 0 unspecified atom stereocenters. The molecule has 1 aliphatic carbocycles. The molecule has 120 valence electrons. The van der Waals surface area contributed by atoms with Gasteiger partial charge in [0.05, 0.1) is 17.3 Å². The quantitative estimate of drug-likeness (QED) is 0.859. The molecule has 1 saturated carbocycles. The standard InChI is InChI=1S/C17H26N4O/c1-3-22-17(9-6-4-5-7-10-17)13-19-16-20-14-12-18-11-8-15(14)21(16)2/h8,11-12H,3-7,9-10,13H2,1-2H3,(H,19,20). The number of ether oxygens (including phenoxy) is 1. The van der Waals surface area contributed by atoms with Crippen molar-refractivity contribution >= 4 is 17.0 Å². The molecule has 1 aliphatic rings. The molecule has 0 aliphatic heterocycles. The summed E-state index contributed by atoms with van der Waals surface area (Å²) in [5, 5.41) is 3.52. The Labute approximate surface area is 132 Å². The largest absolute Gasteiger partial charge is 0.373 e. The van der Waals surface area contributed by atoms with E-state index in [4.69, 9.17) is 4.74 Å². The van der Waals surface area contributed by atoms with Crippen LogP contribution in [0.1, 0.15) is 45.4 Å². The summed E-state index contributed by atoms with van der Waals surface area (Å²) >= 11 is 0. The molecule has 22 heavy (non-hydrogen) atoms. The zero-order valence-corrected chi connectivity index (χ0v) is 13.6. The van der Waals surface area contributed by atoms with E-state index in [0.29, 0.717) is 0 Å². The molecule has 5 heteroatoms. The van der Waals surface area contributed by atoms with Crippen molar-refractivity contribution in [2.24, 2.45) is 7.05 Å². The lowest BCUT2D eigenvalue weighted by Gasteiger charge is -2.33. The molecule has 2 aromatic heterocycles. The van der Waals surface area contributed by atoms with Crippen LogP contribution in [-0.4, -0.2) is 33.3 Å². The highest BCUT2D eigenvalue weighted by molar-refractivity contribution is 5.77. The van der Waals surface area contributed by atoms with Crippen LogP contribution in [0.25, 0.3) is 11.0 Å². The minimum atomic E-state index is -0.0400. The SMILES string of the molecule is CCOC1(CNc2nc3cnccc3n2C)CCCCCC1. The van der Waals surface area contributed by atoms with Gasteiger partial charge in [-0.15, -0.1) is 0 Å². The number of nitrogens with one attached hydrogen (secondary N) is 1. The van der Waals surface area contributed by atoms with E-state index in [1.807, 2.05) is 19.3 Å². The Hall–Kier alpha value is -1.62. The molecular formula is C17H26N4O. The van der Waals surface area contributed by atoms with Crippen LogP contribution in [0.4, 0.5) is 5.95 Å². The number of aryl methyl sites for hydroxylation is 1. The second-order valence-electron chi connectivity index (χ2n) is 6.24. The summed E-state index contributed by atoms with van der Waals surface area (Å²) in [5.41, 5.74) is 1.99. The molecule has 0 atom stereocenters. The zero-order chi connectivity index (χ0) is 15.4. The molecule has 2 aromatic rings. The van der Waals surface area contributed by atoms with Crippen LogP contribution in [0.3, 0.4) is 0 Å². The fraction of sp³-hybridized carbons (Fsp3) is 0.647. The van der Waals surface area contributed by atoms with Crippen molar-refractivity contribution in [1.82, 2.24) is 14.5 Å². The second kappa shape index (κ2) is 6.65. The highest BCUT2D eigenvalue weighted by Crippen LogP contribution is 2.31. The number of fused-ring (bicyclic) bond motifs is 1. The molecule has 3 rings (SSSR count). The molecule has 0 saturated heterocycles. The summed E-state index contributed by atoms with van der Waals surface area (Å²) in [6.45, 7) is 3.69. The minimum absolute atomic E-state index is 0.0400. The molecule has 1 N–H and O–H groups in total. The Morgan fingerprint density at radius 2 is 2.05 bits per heavy atom. The summed E-state index contributed by atoms with van der Waals surface area (Å²) in [5.74, 6) is 0.895. The zero-order valence-electron chi connectivity index (χ0n) is 13.6. The van der Waals surface area contributed by atoms with Crippen molar-refractivity contribution in [3.63, 3.8) is 0 Å². The van der Waals surface area contributed by atoms with Gasteiger partial charge in [-0.05, 0) is 25.8 Å². The lowest BCUT2D eigenvalue weighted by molar-refractivity contribution is -0.0399. The van der Waals surface area contributed by atoms with Crippen molar-refractivity contribution in [2.75, 3.05) is 18.5 Å². The highest BCUT2D eigenvalue weighted by atomic mass is 16.5. The molecule has 2 heterocycles. The van der Waals surface area contributed by atoms with Gasteiger partial charge in [-0.1, -0.05) is 25.7 Å². The predicted molar refractivity (Wildman–Crippen MR) is 89.1 cm³/mol. The number of hydrogen-bond acceptors (Lipinski definition) is 4. The van der Waals surface area contributed by atoms with E-state index in [-0.39, 0.29) is 5.60 Å². The van der Waals surface area contributed by atoms with Crippen molar-refractivity contribution < 1.29 is 4.74 Å². The number of imidazole rings is 1. The molecule has 0 radical (unpaired) electrons. The number of rotatable bonds is 5. The third kappa shape index (κ3) is 3.09. The first-order valence-electron chi connectivity index (χ1n) is 8.38. The van der Waals surface area contributed by atoms with Gasteiger partial charge in [0.2, 0.25) is 5.95 Å². The van der Waals surface area contributed by atoms with E-state index in [1.165, 1.54) is 25.7 Å². The van der Waals surface area contributed by atoms with E-state index < -0.39 is 0 Å². The van der Waals surface area contributed by atoms with Gasteiger partial charge < -0.3 is 14.6 Å². The Bertz CT molecular complexity index is 614. The number of nitrogens with zero attached hydrogens (tertiary/aromatic N) is 3. The van der Waals surface area contributed by atoms with Gasteiger partial charge in [0, 0.05) is 26.4 Å². The lowest BCUT2D eigenvalue weighted by atomic mass is 9.94. The first-order chi connectivity index (χ1) is 10.7. The second-order valence-corrected chi connectivity index (χ2v) is 6.24. The van der Waals surface area contributed by atoms with Gasteiger partial charge >= 0.3 is 0 Å². The van der Waals surface area contributed by atoms with Gasteiger partial charge in [0.1, 0.15) is 5.52 Å². The van der Waals surface area contributed by atoms with E-state index in [2.05, 4.69) is 26.8 Å². The summed E-state index contributed by atoms with van der Waals surface area (Å²) < 4.78 is 8.26. The molecule has 0 spiro atoms. The smallest absolute Gasteiger partial charge is 0.203 e. The highest BCUT2D eigenvalue weighted by Gasteiger charge is 2.31. The Kier molecular flexibility index (Phi) is 4.62. The fourth-order valence-corrected chi connectivity index (χ4v) is 3.50. The summed E-state index contributed by atoms with van der Waals surface area (Å²) in [6, 6.07) is 2.00. The number of anilines is 1. The van der Waals surface area contributed by atoms with E-state index >= 15 is 0 Å². The maximum atomic E-state index is 6.17. The van der Waals surface area contributed by atoms with Crippen LogP contribution in [0, 0.1) is 0 Å². The number of hydrogen-bond donors (Lipinski definition) is 1. The number of aromatic nitrogens is 3. The maximum Gasteiger partial charge on any atom is 0.203 e. The van der Waals surface area contributed by atoms with Crippen molar-refractivity contribution in [3.05, 3.63) is 18.5 Å². The van der Waals surface area contributed by atoms with Crippen LogP contribution < -0.4 is 5.32 Å². The molecule has 0 bridgehead atoms. The summed E-state index contributed by atoms with van der Waals surface area (Å²) in [7, 11) is 2.04. The van der Waals surface area contributed by atoms with Gasteiger partial charge in [-0.25, -0.2) is 4.98 Å².